The molecule has 0 spiro atoms. The number of rotatable bonds is 3. The van der Waals surface area contributed by atoms with Crippen LogP contribution in [0.1, 0.15) is 25.0 Å². The van der Waals surface area contributed by atoms with Crippen molar-refractivity contribution in [3.8, 4) is 0 Å². The summed E-state index contributed by atoms with van der Waals surface area (Å²) in [6.07, 6.45) is 3.11. The molecule has 1 aromatic rings. The predicted molar refractivity (Wildman–Crippen MR) is 85.9 cm³/mol. The third kappa shape index (κ3) is 3.74. The number of piperidine rings is 1. The van der Waals surface area contributed by atoms with Crippen LogP contribution < -0.4 is 10.2 Å². The summed E-state index contributed by atoms with van der Waals surface area (Å²) < 4.78 is 0. The van der Waals surface area contributed by atoms with Crippen LogP contribution in [0.25, 0.3) is 0 Å². The Morgan fingerprint density at radius 1 is 1.43 bits per heavy atom. The molecule has 1 N–H and O–H groups in total. The van der Waals surface area contributed by atoms with Crippen molar-refractivity contribution >= 4 is 22.4 Å². The molecular formula is C15H24N4OS. The Bertz CT molecular complexity index is 476. The van der Waals surface area contributed by atoms with E-state index in [0.717, 1.165) is 50.1 Å². The third-order valence-corrected chi connectivity index (χ3v) is 5.39. The minimum Gasteiger partial charge on any atom is -0.345 e. The second kappa shape index (κ2) is 6.75. The molecule has 1 unspecified atom stereocenters. The highest BCUT2D eigenvalue weighted by molar-refractivity contribution is 7.13. The lowest BCUT2D eigenvalue weighted by molar-refractivity contribution is -0.132. The van der Waals surface area contributed by atoms with Gasteiger partial charge in [0.25, 0.3) is 0 Å². The second-order valence-corrected chi connectivity index (χ2v) is 6.89. The van der Waals surface area contributed by atoms with Crippen LogP contribution in [0.5, 0.6) is 0 Å². The summed E-state index contributed by atoms with van der Waals surface area (Å²) in [4.78, 5) is 21.2. The van der Waals surface area contributed by atoms with E-state index in [4.69, 9.17) is 0 Å². The largest absolute Gasteiger partial charge is 0.345 e. The van der Waals surface area contributed by atoms with E-state index in [2.05, 4.69) is 20.6 Å². The van der Waals surface area contributed by atoms with Crippen LogP contribution in [0.15, 0.2) is 5.38 Å². The smallest absolute Gasteiger partial charge is 0.223 e. The normalized spacial score (nSPS) is 23.4. The molecule has 1 amide bonds. The summed E-state index contributed by atoms with van der Waals surface area (Å²) in [5, 5.41) is 6.57. The van der Waals surface area contributed by atoms with Gasteiger partial charge in [-0.25, -0.2) is 4.98 Å². The van der Waals surface area contributed by atoms with E-state index in [9.17, 15) is 4.79 Å². The molecule has 0 saturated carbocycles. The van der Waals surface area contributed by atoms with Gasteiger partial charge in [-0.2, -0.15) is 0 Å². The zero-order valence-corrected chi connectivity index (χ0v) is 13.5. The quantitative estimate of drug-likeness (QED) is 0.919. The molecule has 2 aliphatic heterocycles. The van der Waals surface area contributed by atoms with Crippen LogP contribution in [0.4, 0.5) is 5.13 Å². The Hall–Kier alpha value is -1.14. The van der Waals surface area contributed by atoms with Gasteiger partial charge in [-0.1, -0.05) is 0 Å². The first kappa shape index (κ1) is 14.8. The monoisotopic (exact) mass is 308 g/mol. The number of nitrogens with zero attached hydrogens (tertiary/aromatic N) is 3. The Morgan fingerprint density at radius 3 is 2.86 bits per heavy atom. The molecule has 1 atom stereocenters. The Morgan fingerprint density at radius 2 is 2.24 bits per heavy atom. The first-order valence-corrected chi connectivity index (χ1v) is 8.76. The molecule has 0 bridgehead atoms. The average Bonchev–Trinajstić information content (AvgIpc) is 2.95. The number of carbonyl (C=O) groups excluding carboxylic acids is 1. The molecule has 5 nitrogen and oxygen atoms in total. The van der Waals surface area contributed by atoms with Crippen molar-refractivity contribution in [2.24, 2.45) is 5.92 Å². The lowest BCUT2D eigenvalue weighted by Crippen LogP contribution is -2.49. The SMILES string of the molecule is Cc1csc(N2CCN(C(=O)CC3CCCNC3)CC2)n1. The maximum atomic E-state index is 12.4. The maximum absolute atomic E-state index is 12.4. The van der Waals surface area contributed by atoms with E-state index in [1.54, 1.807) is 11.3 Å². The first-order chi connectivity index (χ1) is 10.2. The highest BCUT2D eigenvalue weighted by Crippen LogP contribution is 2.22. The maximum Gasteiger partial charge on any atom is 0.223 e. The van der Waals surface area contributed by atoms with Crippen molar-refractivity contribution < 1.29 is 4.79 Å². The molecule has 0 aliphatic carbocycles. The minimum absolute atomic E-state index is 0.332. The highest BCUT2D eigenvalue weighted by Gasteiger charge is 2.25. The molecule has 6 heteroatoms. The van der Waals surface area contributed by atoms with Crippen molar-refractivity contribution in [2.75, 3.05) is 44.2 Å². The Labute approximate surface area is 130 Å². The summed E-state index contributed by atoms with van der Waals surface area (Å²) in [7, 11) is 0. The molecule has 21 heavy (non-hydrogen) atoms. The van der Waals surface area contributed by atoms with Crippen LogP contribution in [-0.4, -0.2) is 55.1 Å². The molecule has 3 rings (SSSR count). The Kier molecular flexibility index (Phi) is 4.75. The van der Waals surface area contributed by atoms with Gasteiger partial charge in [0.05, 0.1) is 5.69 Å². The van der Waals surface area contributed by atoms with Crippen LogP contribution in [0.3, 0.4) is 0 Å². The van der Waals surface area contributed by atoms with E-state index in [-0.39, 0.29) is 0 Å². The fourth-order valence-electron chi connectivity index (χ4n) is 3.11. The molecule has 0 aromatic carbocycles. The Balaban J connectivity index is 1.47. The van der Waals surface area contributed by atoms with E-state index >= 15 is 0 Å². The number of aromatic nitrogens is 1. The average molecular weight is 308 g/mol. The molecule has 0 radical (unpaired) electrons. The zero-order chi connectivity index (χ0) is 14.7. The molecule has 116 valence electrons. The van der Waals surface area contributed by atoms with Crippen molar-refractivity contribution in [1.82, 2.24) is 15.2 Å². The van der Waals surface area contributed by atoms with Gasteiger partial charge in [-0.3, -0.25) is 4.79 Å². The molecule has 2 fully saturated rings. The van der Waals surface area contributed by atoms with Crippen LogP contribution in [0, 0.1) is 12.8 Å². The first-order valence-electron chi connectivity index (χ1n) is 7.88. The second-order valence-electron chi connectivity index (χ2n) is 6.06. The number of hydrogen-bond donors (Lipinski definition) is 1. The third-order valence-electron chi connectivity index (χ3n) is 4.37. The van der Waals surface area contributed by atoms with Crippen LogP contribution in [-0.2, 0) is 4.79 Å². The van der Waals surface area contributed by atoms with Gasteiger partial charge < -0.3 is 15.1 Å². The molecule has 3 heterocycles. The minimum atomic E-state index is 0.332. The van der Waals surface area contributed by atoms with Gasteiger partial charge in [0, 0.05) is 38.0 Å². The summed E-state index contributed by atoms with van der Waals surface area (Å²) >= 11 is 1.70. The fraction of sp³-hybridized carbons (Fsp3) is 0.733. The van der Waals surface area contributed by atoms with Crippen molar-refractivity contribution in [2.45, 2.75) is 26.2 Å². The number of carbonyl (C=O) groups is 1. The van der Waals surface area contributed by atoms with Crippen molar-refractivity contribution in [3.63, 3.8) is 0 Å². The van der Waals surface area contributed by atoms with Gasteiger partial charge in [-0.15, -0.1) is 11.3 Å². The summed E-state index contributed by atoms with van der Waals surface area (Å²) in [6, 6.07) is 0. The van der Waals surface area contributed by atoms with Crippen LogP contribution >= 0.6 is 11.3 Å². The van der Waals surface area contributed by atoms with Gasteiger partial charge >= 0.3 is 0 Å². The van der Waals surface area contributed by atoms with Gasteiger partial charge in [0.1, 0.15) is 0 Å². The number of anilines is 1. The van der Waals surface area contributed by atoms with Gasteiger partial charge in [-0.05, 0) is 38.8 Å². The van der Waals surface area contributed by atoms with E-state index in [1.165, 1.54) is 12.8 Å². The number of amides is 1. The molecule has 1 aromatic heterocycles. The highest BCUT2D eigenvalue weighted by atomic mass is 32.1. The van der Waals surface area contributed by atoms with Crippen molar-refractivity contribution in [1.29, 1.82) is 0 Å². The topological polar surface area (TPSA) is 48.5 Å². The number of thiazole rings is 1. The number of aryl methyl sites for hydroxylation is 1. The predicted octanol–water partition coefficient (Wildman–Crippen LogP) is 1.49. The molecular weight excluding hydrogens is 284 g/mol. The zero-order valence-electron chi connectivity index (χ0n) is 12.7. The lowest BCUT2D eigenvalue weighted by atomic mass is 9.95. The molecule has 2 saturated heterocycles. The standard InChI is InChI=1S/C15H24N4OS/c1-12-11-21-15(17-12)19-7-5-18(6-8-19)14(20)9-13-3-2-4-16-10-13/h11,13,16H,2-10H2,1H3. The molecule has 2 aliphatic rings. The number of piperazine rings is 1. The van der Waals surface area contributed by atoms with Gasteiger partial charge in [0.2, 0.25) is 5.91 Å². The van der Waals surface area contributed by atoms with Crippen LogP contribution in [0.2, 0.25) is 0 Å². The summed E-state index contributed by atoms with van der Waals surface area (Å²) in [6.45, 7) is 7.61. The summed E-state index contributed by atoms with van der Waals surface area (Å²) in [5.74, 6) is 0.865. The van der Waals surface area contributed by atoms with E-state index in [1.807, 2.05) is 11.8 Å². The number of hydrogen-bond acceptors (Lipinski definition) is 5. The van der Waals surface area contributed by atoms with E-state index < -0.39 is 0 Å². The number of nitrogens with one attached hydrogen (secondary N) is 1. The van der Waals surface area contributed by atoms with E-state index in [0.29, 0.717) is 18.2 Å². The summed E-state index contributed by atoms with van der Waals surface area (Å²) in [5.41, 5.74) is 1.08. The van der Waals surface area contributed by atoms with Gasteiger partial charge in [0.15, 0.2) is 5.13 Å². The fourth-order valence-corrected chi connectivity index (χ4v) is 3.97. The van der Waals surface area contributed by atoms with Crippen molar-refractivity contribution in [3.05, 3.63) is 11.1 Å². The lowest BCUT2D eigenvalue weighted by Gasteiger charge is -2.35.